The van der Waals surface area contributed by atoms with Crippen molar-refractivity contribution in [1.29, 1.82) is 0 Å². The molecule has 0 aliphatic heterocycles. The summed E-state index contributed by atoms with van der Waals surface area (Å²) >= 11 is 1.48. The van der Waals surface area contributed by atoms with Crippen molar-refractivity contribution in [3.63, 3.8) is 0 Å². The summed E-state index contributed by atoms with van der Waals surface area (Å²) in [4.78, 5) is 17.1. The lowest BCUT2D eigenvalue weighted by Crippen LogP contribution is -2.27. The number of benzene rings is 2. The lowest BCUT2D eigenvalue weighted by atomic mass is 9.88. The number of hydrogen-bond donors (Lipinski definition) is 1. The number of nitrogens with zero attached hydrogens (tertiary/aromatic N) is 2. The van der Waals surface area contributed by atoms with Crippen molar-refractivity contribution in [1.82, 2.24) is 14.9 Å². The fourth-order valence-corrected chi connectivity index (χ4v) is 4.56. The van der Waals surface area contributed by atoms with E-state index in [1.165, 1.54) is 22.9 Å². The number of thioether (sulfide) groups is 1. The van der Waals surface area contributed by atoms with E-state index in [0.717, 1.165) is 29.5 Å². The third-order valence-corrected chi connectivity index (χ3v) is 6.41. The first kappa shape index (κ1) is 23.1. The molecule has 0 fully saturated rings. The van der Waals surface area contributed by atoms with Crippen LogP contribution in [0.15, 0.2) is 65.8 Å². The molecule has 3 aromatic rings. The van der Waals surface area contributed by atoms with Crippen molar-refractivity contribution in [3.8, 4) is 0 Å². The maximum atomic E-state index is 12.5. The van der Waals surface area contributed by atoms with Gasteiger partial charge in [0.2, 0.25) is 5.91 Å². The van der Waals surface area contributed by atoms with Gasteiger partial charge in [-0.25, -0.2) is 4.98 Å². The molecule has 2 aromatic carbocycles. The van der Waals surface area contributed by atoms with E-state index in [9.17, 15) is 4.79 Å². The quantitative estimate of drug-likeness (QED) is 0.446. The van der Waals surface area contributed by atoms with Gasteiger partial charge >= 0.3 is 0 Å². The number of carbonyl (C=O) groups is 1. The Hall–Kier alpha value is -2.57. The molecular formula is C25H31N3O2S. The average Bonchev–Trinajstić information content (AvgIpc) is 3.07. The molecule has 1 N–H and O–H groups in total. The lowest BCUT2D eigenvalue weighted by molar-refractivity contribution is -0.118. The topological polar surface area (TPSA) is 56.1 Å². The molecule has 31 heavy (non-hydrogen) atoms. The second kappa shape index (κ2) is 11.7. The van der Waals surface area contributed by atoms with Crippen LogP contribution in [0.5, 0.6) is 0 Å². The monoisotopic (exact) mass is 437 g/mol. The van der Waals surface area contributed by atoms with Gasteiger partial charge in [0.1, 0.15) is 0 Å². The predicted molar refractivity (Wildman–Crippen MR) is 127 cm³/mol. The van der Waals surface area contributed by atoms with Crippen molar-refractivity contribution in [2.75, 3.05) is 26.0 Å². The van der Waals surface area contributed by atoms with Crippen molar-refractivity contribution in [2.24, 2.45) is 0 Å². The molecular weight excluding hydrogens is 406 g/mol. The number of amides is 1. The number of aryl methyl sites for hydroxylation is 1. The van der Waals surface area contributed by atoms with Crippen LogP contribution < -0.4 is 5.32 Å². The minimum atomic E-state index is 0.0291. The first-order valence-electron chi connectivity index (χ1n) is 10.6. The highest BCUT2D eigenvalue weighted by Gasteiger charge is 2.16. The van der Waals surface area contributed by atoms with E-state index in [1.807, 2.05) is 19.1 Å². The molecule has 0 atom stereocenters. The number of nitrogens with one attached hydrogen (secondary N) is 1. The highest BCUT2D eigenvalue weighted by molar-refractivity contribution is 7.99. The first-order valence-corrected chi connectivity index (χ1v) is 11.6. The van der Waals surface area contributed by atoms with Gasteiger partial charge in [-0.15, -0.1) is 0 Å². The Kier molecular flexibility index (Phi) is 8.74. The summed E-state index contributed by atoms with van der Waals surface area (Å²) in [5, 5.41) is 3.95. The largest absolute Gasteiger partial charge is 0.383 e. The summed E-state index contributed by atoms with van der Waals surface area (Å²) < 4.78 is 7.32. The molecule has 0 unspecified atom stereocenters. The van der Waals surface area contributed by atoms with Gasteiger partial charge in [0.15, 0.2) is 5.16 Å². The highest BCUT2D eigenvalue weighted by atomic mass is 32.2. The van der Waals surface area contributed by atoms with Crippen LogP contribution in [0.1, 0.15) is 34.9 Å². The highest BCUT2D eigenvalue weighted by Crippen LogP contribution is 2.27. The molecule has 3 rings (SSSR count). The molecule has 0 saturated carbocycles. The summed E-state index contributed by atoms with van der Waals surface area (Å²) in [6.45, 7) is 6.04. The normalized spacial score (nSPS) is 11.1. The van der Waals surface area contributed by atoms with Crippen LogP contribution in [0.3, 0.4) is 0 Å². The predicted octanol–water partition coefficient (Wildman–Crippen LogP) is 4.58. The van der Waals surface area contributed by atoms with Gasteiger partial charge in [0, 0.05) is 31.8 Å². The zero-order valence-corrected chi connectivity index (χ0v) is 19.3. The minimum absolute atomic E-state index is 0.0291. The molecule has 6 heteroatoms. The lowest BCUT2D eigenvalue weighted by Gasteiger charge is -2.18. The summed E-state index contributed by atoms with van der Waals surface area (Å²) in [5.41, 5.74) is 4.65. The minimum Gasteiger partial charge on any atom is -0.383 e. The van der Waals surface area contributed by atoms with Gasteiger partial charge in [-0.1, -0.05) is 72.4 Å². The molecule has 0 aliphatic carbocycles. The van der Waals surface area contributed by atoms with Crippen LogP contribution in [0, 0.1) is 13.8 Å². The fraction of sp³-hybridized carbons (Fsp3) is 0.360. The van der Waals surface area contributed by atoms with Crippen LogP contribution >= 0.6 is 11.8 Å². The second-order valence-electron chi connectivity index (χ2n) is 7.51. The van der Waals surface area contributed by atoms with Crippen LogP contribution in [0.2, 0.25) is 0 Å². The van der Waals surface area contributed by atoms with E-state index in [0.29, 0.717) is 18.9 Å². The maximum absolute atomic E-state index is 12.5. The zero-order valence-electron chi connectivity index (χ0n) is 18.5. The number of hydrogen-bond acceptors (Lipinski definition) is 4. The fourth-order valence-electron chi connectivity index (χ4n) is 3.61. The van der Waals surface area contributed by atoms with Gasteiger partial charge in [0.25, 0.3) is 0 Å². The van der Waals surface area contributed by atoms with Crippen LogP contribution in [0.25, 0.3) is 0 Å². The van der Waals surface area contributed by atoms with E-state index in [2.05, 4.69) is 70.3 Å². The Labute approximate surface area is 189 Å². The maximum Gasteiger partial charge on any atom is 0.230 e. The van der Waals surface area contributed by atoms with Gasteiger partial charge in [0.05, 0.1) is 18.1 Å². The number of ether oxygens (including phenoxy) is 1. The average molecular weight is 438 g/mol. The SMILES string of the molecule is COCCn1c(SCC(=O)NCCC(c2ccccc2)c2ccccc2)nc(C)c1C. The van der Waals surface area contributed by atoms with Crippen molar-refractivity contribution in [2.45, 2.75) is 37.9 Å². The van der Waals surface area contributed by atoms with Crippen molar-refractivity contribution < 1.29 is 9.53 Å². The summed E-state index contributed by atoms with van der Waals surface area (Å²) in [6.07, 6.45) is 0.852. The number of rotatable bonds is 11. The third-order valence-electron chi connectivity index (χ3n) is 5.43. The summed E-state index contributed by atoms with van der Waals surface area (Å²) in [7, 11) is 1.69. The Bertz CT molecular complexity index is 918. The smallest absolute Gasteiger partial charge is 0.230 e. The Morgan fingerprint density at radius 3 is 2.26 bits per heavy atom. The molecule has 1 amide bonds. The van der Waals surface area contributed by atoms with E-state index in [-0.39, 0.29) is 11.8 Å². The van der Waals surface area contributed by atoms with Crippen molar-refractivity contribution >= 4 is 17.7 Å². The second-order valence-corrected chi connectivity index (χ2v) is 8.45. The van der Waals surface area contributed by atoms with Gasteiger partial charge < -0.3 is 14.6 Å². The molecule has 0 radical (unpaired) electrons. The summed E-state index contributed by atoms with van der Waals surface area (Å²) in [5.74, 6) is 0.639. The zero-order chi connectivity index (χ0) is 22.1. The van der Waals surface area contributed by atoms with Crippen LogP contribution in [0.4, 0.5) is 0 Å². The Balaban J connectivity index is 1.55. The molecule has 1 aromatic heterocycles. The Morgan fingerprint density at radius 1 is 1.06 bits per heavy atom. The Morgan fingerprint density at radius 2 is 1.68 bits per heavy atom. The first-order chi connectivity index (χ1) is 15.1. The summed E-state index contributed by atoms with van der Waals surface area (Å²) in [6, 6.07) is 20.9. The number of imidazole rings is 1. The molecule has 0 aliphatic rings. The van der Waals surface area contributed by atoms with E-state index >= 15 is 0 Å². The van der Waals surface area contributed by atoms with E-state index in [4.69, 9.17) is 4.74 Å². The number of aromatic nitrogens is 2. The van der Waals surface area contributed by atoms with Crippen LogP contribution in [-0.4, -0.2) is 41.5 Å². The van der Waals surface area contributed by atoms with Gasteiger partial charge in [-0.2, -0.15) is 0 Å². The molecule has 0 spiro atoms. The van der Waals surface area contributed by atoms with Gasteiger partial charge in [-0.3, -0.25) is 4.79 Å². The van der Waals surface area contributed by atoms with E-state index in [1.54, 1.807) is 7.11 Å². The van der Waals surface area contributed by atoms with Crippen LogP contribution in [-0.2, 0) is 16.1 Å². The molecule has 0 saturated heterocycles. The molecule has 164 valence electrons. The number of methoxy groups -OCH3 is 1. The molecule has 5 nitrogen and oxygen atoms in total. The standard InChI is InChI=1S/C25H31N3O2S/c1-19-20(2)28(16-17-30-3)25(27-19)31-18-24(29)26-15-14-23(21-10-6-4-7-11-21)22-12-8-5-9-13-22/h4-13,23H,14-18H2,1-3H3,(H,26,29). The molecule has 1 heterocycles. The van der Waals surface area contributed by atoms with Crippen molar-refractivity contribution in [3.05, 3.63) is 83.2 Å². The van der Waals surface area contributed by atoms with E-state index < -0.39 is 0 Å². The number of carbonyl (C=O) groups excluding carboxylic acids is 1. The van der Waals surface area contributed by atoms with Gasteiger partial charge in [-0.05, 0) is 31.4 Å². The third kappa shape index (κ3) is 6.45. The molecule has 0 bridgehead atoms.